The van der Waals surface area contributed by atoms with E-state index in [9.17, 15) is 38.8 Å². The van der Waals surface area contributed by atoms with Gasteiger partial charge in [-0.05, 0) is 6.42 Å². The molecule has 0 aromatic heterocycles. The molecular formula is C10H7F5O5S2. The lowest BCUT2D eigenvalue weighted by Crippen LogP contribution is -2.22. The lowest BCUT2D eigenvalue weighted by molar-refractivity contribution is 0.231. The summed E-state index contributed by atoms with van der Waals surface area (Å²) in [4.78, 5) is -2.15. The van der Waals surface area contributed by atoms with Crippen molar-refractivity contribution in [2.24, 2.45) is 0 Å². The van der Waals surface area contributed by atoms with Crippen molar-refractivity contribution in [2.75, 3.05) is 11.5 Å². The van der Waals surface area contributed by atoms with Crippen molar-refractivity contribution in [1.82, 2.24) is 0 Å². The highest BCUT2D eigenvalue weighted by molar-refractivity contribution is 7.91. The van der Waals surface area contributed by atoms with Gasteiger partial charge in [-0.1, -0.05) is 0 Å². The van der Waals surface area contributed by atoms with Gasteiger partial charge in [-0.3, -0.25) is 4.18 Å². The van der Waals surface area contributed by atoms with Crippen molar-refractivity contribution in [3.8, 4) is 0 Å². The van der Waals surface area contributed by atoms with E-state index < -0.39 is 71.5 Å². The lowest BCUT2D eigenvalue weighted by Gasteiger charge is -2.12. The van der Waals surface area contributed by atoms with Gasteiger partial charge in [-0.25, -0.2) is 30.4 Å². The summed E-state index contributed by atoms with van der Waals surface area (Å²) in [6, 6.07) is 0. The highest BCUT2D eigenvalue weighted by Crippen LogP contribution is 2.29. The maximum atomic E-state index is 13.4. The van der Waals surface area contributed by atoms with Crippen molar-refractivity contribution in [3.63, 3.8) is 0 Å². The molecule has 124 valence electrons. The largest absolute Gasteiger partial charge is 0.303 e. The third-order valence-electron chi connectivity index (χ3n) is 2.87. The van der Waals surface area contributed by atoms with Gasteiger partial charge >= 0.3 is 10.1 Å². The molecule has 1 heterocycles. The van der Waals surface area contributed by atoms with Crippen LogP contribution in [0.5, 0.6) is 0 Å². The maximum Gasteiger partial charge on any atom is 0.303 e. The van der Waals surface area contributed by atoms with Crippen LogP contribution in [0.25, 0.3) is 0 Å². The zero-order chi connectivity index (χ0) is 16.9. The summed E-state index contributed by atoms with van der Waals surface area (Å²) in [6.07, 6.45) is -1.73. The normalized spacial score (nSPS) is 21.2. The van der Waals surface area contributed by atoms with Crippen molar-refractivity contribution in [3.05, 3.63) is 29.1 Å². The molecule has 12 heteroatoms. The van der Waals surface area contributed by atoms with Gasteiger partial charge in [0.15, 0.2) is 38.0 Å². The van der Waals surface area contributed by atoms with Crippen LogP contribution < -0.4 is 0 Å². The first-order valence-corrected chi connectivity index (χ1v) is 8.84. The summed E-state index contributed by atoms with van der Waals surface area (Å²) in [5.74, 6) is -13.7. The molecule has 1 aromatic carbocycles. The minimum absolute atomic E-state index is 0.281. The molecule has 1 saturated heterocycles. The molecule has 1 atom stereocenters. The summed E-state index contributed by atoms with van der Waals surface area (Å²) >= 11 is 0. The highest BCUT2D eigenvalue weighted by atomic mass is 32.2. The predicted octanol–water partition coefficient (Wildman–Crippen LogP) is 1.27. The van der Waals surface area contributed by atoms with E-state index >= 15 is 0 Å². The Labute approximate surface area is 121 Å². The Hall–Kier alpha value is -1.27. The monoisotopic (exact) mass is 366 g/mol. The van der Waals surface area contributed by atoms with Gasteiger partial charge in [0.1, 0.15) is 0 Å². The van der Waals surface area contributed by atoms with E-state index in [0.29, 0.717) is 0 Å². The number of hydrogen-bond acceptors (Lipinski definition) is 5. The average molecular weight is 366 g/mol. The molecule has 0 amide bonds. The van der Waals surface area contributed by atoms with E-state index in [-0.39, 0.29) is 6.42 Å². The van der Waals surface area contributed by atoms with Crippen LogP contribution in [0.3, 0.4) is 0 Å². The van der Waals surface area contributed by atoms with Crippen LogP contribution in [0.2, 0.25) is 0 Å². The molecule has 1 fully saturated rings. The summed E-state index contributed by atoms with van der Waals surface area (Å²) in [7, 11) is -8.96. The van der Waals surface area contributed by atoms with Gasteiger partial charge in [0.05, 0.1) is 17.6 Å². The SMILES string of the molecule is O=S1(=O)CCC(OS(=O)(=O)c2c(F)c(F)c(F)c(F)c2F)C1. The number of sulfone groups is 1. The fraction of sp³-hybridized carbons (Fsp3) is 0.400. The van der Waals surface area contributed by atoms with Crippen LogP contribution in [0, 0.1) is 29.1 Å². The van der Waals surface area contributed by atoms with Gasteiger partial charge in [0.25, 0.3) is 0 Å². The first-order valence-electron chi connectivity index (χ1n) is 5.61. The molecule has 0 saturated carbocycles. The van der Waals surface area contributed by atoms with Crippen molar-refractivity contribution < 1.29 is 43.0 Å². The fourth-order valence-corrected chi connectivity index (χ4v) is 4.78. The minimum Gasteiger partial charge on any atom is -0.262 e. The third kappa shape index (κ3) is 2.94. The molecule has 1 aliphatic rings. The molecular weight excluding hydrogens is 359 g/mol. The van der Waals surface area contributed by atoms with Gasteiger partial charge in [-0.2, -0.15) is 8.42 Å². The van der Waals surface area contributed by atoms with E-state index in [0.717, 1.165) is 0 Å². The Morgan fingerprint density at radius 1 is 0.909 bits per heavy atom. The zero-order valence-corrected chi connectivity index (χ0v) is 12.1. The molecule has 1 aliphatic heterocycles. The number of rotatable bonds is 3. The zero-order valence-electron chi connectivity index (χ0n) is 10.4. The van der Waals surface area contributed by atoms with E-state index in [1.54, 1.807) is 0 Å². The van der Waals surface area contributed by atoms with Crippen LogP contribution in [0.4, 0.5) is 22.0 Å². The van der Waals surface area contributed by atoms with Crippen molar-refractivity contribution in [1.29, 1.82) is 0 Å². The summed E-state index contributed by atoms with van der Waals surface area (Å²) in [5.41, 5.74) is 0. The number of benzene rings is 1. The van der Waals surface area contributed by atoms with Gasteiger partial charge in [-0.15, -0.1) is 0 Å². The van der Waals surface area contributed by atoms with Crippen molar-refractivity contribution in [2.45, 2.75) is 17.4 Å². The van der Waals surface area contributed by atoms with E-state index in [1.165, 1.54) is 0 Å². The highest BCUT2D eigenvalue weighted by Gasteiger charge is 2.38. The third-order valence-corrected chi connectivity index (χ3v) is 5.99. The molecule has 0 bridgehead atoms. The molecule has 22 heavy (non-hydrogen) atoms. The summed E-state index contributed by atoms with van der Waals surface area (Å²) < 4.78 is 116. The van der Waals surface area contributed by atoms with Gasteiger partial charge in [0, 0.05) is 0 Å². The quantitative estimate of drug-likeness (QED) is 0.349. The fourth-order valence-electron chi connectivity index (χ4n) is 1.87. The Bertz CT molecular complexity index is 805. The summed E-state index contributed by atoms with van der Waals surface area (Å²) in [6.45, 7) is 0. The number of hydrogen-bond donors (Lipinski definition) is 0. The van der Waals surface area contributed by atoms with Crippen LogP contribution >= 0.6 is 0 Å². The van der Waals surface area contributed by atoms with E-state index in [1.807, 2.05) is 0 Å². The second-order valence-electron chi connectivity index (χ2n) is 4.47. The van der Waals surface area contributed by atoms with Gasteiger partial charge in [0.2, 0.25) is 5.82 Å². The van der Waals surface area contributed by atoms with Crippen LogP contribution in [-0.2, 0) is 24.1 Å². The maximum absolute atomic E-state index is 13.4. The molecule has 2 rings (SSSR count). The average Bonchev–Trinajstić information content (AvgIpc) is 2.72. The topological polar surface area (TPSA) is 77.5 Å². The van der Waals surface area contributed by atoms with E-state index in [2.05, 4.69) is 4.18 Å². The molecule has 0 radical (unpaired) electrons. The van der Waals surface area contributed by atoms with Crippen LogP contribution in [-0.4, -0.2) is 34.4 Å². The standard InChI is InChI=1S/C10H7F5O5S2/c11-5-6(12)8(14)10(9(15)7(5)13)22(18,19)20-4-1-2-21(16,17)3-4/h4H,1-3H2. The molecule has 0 spiro atoms. The Kier molecular flexibility index (Phi) is 4.21. The Morgan fingerprint density at radius 2 is 1.36 bits per heavy atom. The smallest absolute Gasteiger partial charge is 0.262 e. The molecule has 0 aliphatic carbocycles. The molecule has 1 aromatic rings. The number of halogens is 5. The predicted molar refractivity (Wildman–Crippen MR) is 61.6 cm³/mol. The lowest BCUT2D eigenvalue weighted by atomic mass is 10.3. The first-order chi connectivity index (χ1) is 9.96. The minimum atomic E-state index is -5.38. The second-order valence-corrected chi connectivity index (χ2v) is 8.21. The molecule has 0 N–H and O–H groups in total. The van der Waals surface area contributed by atoms with E-state index in [4.69, 9.17) is 0 Å². The van der Waals surface area contributed by atoms with Gasteiger partial charge < -0.3 is 0 Å². The summed E-state index contributed by atoms with van der Waals surface area (Å²) in [5, 5.41) is 0. The Balaban J connectivity index is 2.47. The van der Waals surface area contributed by atoms with Crippen LogP contribution in [0.1, 0.15) is 6.42 Å². The van der Waals surface area contributed by atoms with Crippen molar-refractivity contribution >= 4 is 20.0 Å². The first kappa shape index (κ1) is 17.1. The van der Waals surface area contributed by atoms with Crippen LogP contribution in [0.15, 0.2) is 4.90 Å². The molecule has 5 nitrogen and oxygen atoms in total. The second kappa shape index (κ2) is 5.42. The molecule has 1 unspecified atom stereocenters. The Morgan fingerprint density at radius 3 is 1.77 bits per heavy atom.